The van der Waals surface area contributed by atoms with Gasteiger partial charge in [-0.15, -0.1) is 0 Å². The van der Waals surface area contributed by atoms with E-state index in [9.17, 15) is 4.79 Å². The smallest absolute Gasteiger partial charge is 0.222 e. The molecule has 3 rings (SSSR count). The standard InChI is InChI=1S/C22H29N3O3/c1-16-10-17(15-23-14-16)4-5-22(26)25-8-6-18(7-9-25)24-19-11-20(27-2)13-21(12-19)28-3/h10-15,18,24H,4-9H2,1-3H3. The normalized spacial score (nSPS) is 14.6. The van der Waals surface area contributed by atoms with Gasteiger partial charge < -0.3 is 19.7 Å². The first-order valence-corrected chi connectivity index (χ1v) is 9.75. The Bertz CT molecular complexity index is 779. The van der Waals surface area contributed by atoms with Crippen LogP contribution in [0.1, 0.15) is 30.4 Å². The van der Waals surface area contributed by atoms with Crippen molar-refractivity contribution in [2.45, 2.75) is 38.6 Å². The molecule has 1 N–H and O–H groups in total. The van der Waals surface area contributed by atoms with Crippen LogP contribution in [0.5, 0.6) is 11.5 Å². The minimum absolute atomic E-state index is 0.225. The summed E-state index contributed by atoms with van der Waals surface area (Å²) >= 11 is 0. The average molecular weight is 383 g/mol. The predicted octanol–water partition coefficient (Wildman–Crippen LogP) is 3.44. The number of hydrogen-bond acceptors (Lipinski definition) is 5. The van der Waals surface area contributed by atoms with E-state index in [4.69, 9.17) is 9.47 Å². The van der Waals surface area contributed by atoms with Crippen molar-refractivity contribution in [2.24, 2.45) is 0 Å². The van der Waals surface area contributed by atoms with Crippen LogP contribution >= 0.6 is 0 Å². The van der Waals surface area contributed by atoms with Crippen molar-refractivity contribution < 1.29 is 14.3 Å². The minimum atomic E-state index is 0.225. The van der Waals surface area contributed by atoms with Crippen LogP contribution < -0.4 is 14.8 Å². The second-order valence-corrected chi connectivity index (χ2v) is 7.27. The maximum atomic E-state index is 12.5. The highest BCUT2D eigenvalue weighted by atomic mass is 16.5. The van der Waals surface area contributed by atoms with Crippen molar-refractivity contribution in [2.75, 3.05) is 32.6 Å². The Morgan fingerprint density at radius 2 is 1.79 bits per heavy atom. The molecule has 0 saturated carbocycles. The number of anilines is 1. The van der Waals surface area contributed by atoms with Gasteiger partial charge >= 0.3 is 0 Å². The molecule has 2 aromatic rings. The lowest BCUT2D eigenvalue weighted by Crippen LogP contribution is -2.42. The number of pyridine rings is 1. The van der Waals surface area contributed by atoms with Gasteiger partial charge in [-0.05, 0) is 37.3 Å². The van der Waals surface area contributed by atoms with E-state index in [1.807, 2.05) is 42.4 Å². The zero-order chi connectivity index (χ0) is 19.9. The van der Waals surface area contributed by atoms with Gasteiger partial charge in [-0.1, -0.05) is 6.07 Å². The van der Waals surface area contributed by atoms with Gasteiger partial charge in [0.05, 0.1) is 14.2 Å². The summed E-state index contributed by atoms with van der Waals surface area (Å²) in [7, 11) is 3.30. The third kappa shape index (κ3) is 5.38. The number of amides is 1. The fraction of sp³-hybridized carbons (Fsp3) is 0.455. The van der Waals surface area contributed by atoms with Crippen molar-refractivity contribution in [3.05, 3.63) is 47.8 Å². The van der Waals surface area contributed by atoms with Gasteiger partial charge in [0.25, 0.3) is 0 Å². The van der Waals surface area contributed by atoms with Crippen LogP contribution in [0.4, 0.5) is 5.69 Å². The summed E-state index contributed by atoms with van der Waals surface area (Å²) in [5.41, 5.74) is 3.23. The Morgan fingerprint density at radius 1 is 1.11 bits per heavy atom. The van der Waals surface area contributed by atoms with Crippen molar-refractivity contribution in [3.63, 3.8) is 0 Å². The van der Waals surface area contributed by atoms with Crippen LogP contribution in [-0.4, -0.2) is 49.1 Å². The van der Waals surface area contributed by atoms with Crippen LogP contribution in [0, 0.1) is 6.92 Å². The van der Waals surface area contributed by atoms with Crippen LogP contribution in [-0.2, 0) is 11.2 Å². The molecule has 150 valence electrons. The van der Waals surface area contributed by atoms with Gasteiger partial charge in [0, 0.05) is 61.8 Å². The Kier molecular flexibility index (Phi) is 6.74. The van der Waals surface area contributed by atoms with E-state index >= 15 is 0 Å². The number of piperidine rings is 1. The molecular formula is C22H29N3O3. The van der Waals surface area contributed by atoms with E-state index in [1.54, 1.807) is 14.2 Å². The highest BCUT2D eigenvalue weighted by Crippen LogP contribution is 2.27. The zero-order valence-corrected chi connectivity index (χ0v) is 16.9. The van der Waals surface area contributed by atoms with Gasteiger partial charge in [0.1, 0.15) is 11.5 Å². The van der Waals surface area contributed by atoms with Crippen LogP contribution in [0.25, 0.3) is 0 Å². The van der Waals surface area contributed by atoms with Gasteiger partial charge in [-0.2, -0.15) is 0 Å². The molecule has 1 aliphatic heterocycles. The summed E-state index contributed by atoms with van der Waals surface area (Å²) in [5.74, 6) is 1.75. The molecule has 1 amide bonds. The number of nitrogens with one attached hydrogen (secondary N) is 1. The van der Waals surface area contributed by atoms with Gasteiger partial charge in [0.2, 0.25) is 5.91 Å². The van der Waals surface area contributed by atoms with E-state index < -0.39 is 0 Å². The summed E-state index contributed by atoms with van der Waals surface area (Å²) in [6.45, 7) is 3.58. The first-order chi connectivity index (χ1) is 13.6. The average Bonchev–Trinajstić information content (AvgIpc) is 2.72. The first-order valence-electron chi connectivity index (χ1n) is 9.75. The molecule has 6 nitrogen and oxygen atoms in total. The molecule has 2 heterocycles. The topological polar surface area (TPSA) is 63.7 Å². The Balaban J connectivity index is 1.48. The van der Waals surface area contributed by atoms with E-state index in [2.05, 4.69) is 16.4 Å². The Morgan fingerprint density at radius 3 is 2.39 bits per heavy atom. The van der Waals surface area contributed by atoms with E-state index in [0.29, 0.717) is 12.5 Å². The minimum Gasteiger partial charge on any atom is -0.497 e. The van der Waals surface area contributed by atoms with Crippen molar-refractivity contribution in [1.29, 1.82) is 0 Å². The number of methoxy groups -OCH3 is 2. The molecule has 0 spiro atoms. The van der Waals surface area contributed by atoms with Crippen molar-refractivity contribution >= 4 is 11.6 Å². The lowest BCUT2D eigenvalue weighted by Gasteiger charge is -2.33. The highest BCUT2D eigenvalue weighted by Gasteiger charge is 2.22. The monoisotopic (exact) mass is 383 g/mol. The van der Waals surface area contributed by atoms with Gasteiger partial charge in [-0.25, -0.2) is 0 Å². The maximum Gasteiger partial charge on any atom is 0.222 e. The SMILES string of the molecule is COc1cc(NC2CCN(C(=O)CCc3cncc(C)c3)CC2)cc(OC)c1. The quantitative estimate of drug-likeness (QED) is 0.793. The molecule has 6 heteroatoms. The molecule has 1 fully saturated rings. The number of carbonyl (C=O) groups excluding carboxylic acids is 1. The molecule has 28 heavy (non-hydrogen) atoms. The lowest BCUT2D eigenvalue weighted by atomic mass is 10.0. The summed E-state index contributed by atoms with van der Waals surface area (Å²) < 4.78 is 10.7. The van der Waals surface area contributed by atoms with Crippen molar-refractivity contribution in [1.82, 2.24) is 9.88 Å². The lowest BCUT2D eigenvalue weighted by molar-refractivity contribution is -0.132. The summed E-state index contributed by atoms with van der Waals surface area (Å²) in [5, 5.41) is 3.55. The number of ether oxygens (including phenoxy) is 2. The number of carbonyl (C=O) groups is 1. The fourth-order valence-electron chi connectivity index (χ4n) is 3.56. The molecule has 1 aromatic heterocycles. The first kappa shape index (κ1) is 20.0. The fourth-order valence-corrected chi connectivity index (χ4v) is 3.56. The molecule has 0 aliphatic carbocycles. The van der Waals surface area contributed by atoms with E-state index in [-0.39, 0.29) is 5.91 Å². The zero-order valence-electron chi connectivity index (χ0n) is 16.9. The second kappa shape index (κ2) is 9.44. The third-order valence-corrected chi connectivity index (χ3v) is 5.13. The highest BCUT2D eigenvalue weighted by molar-refractivity contribution is 5.76. The molecular weight excluding hydrogens is 354 g/mol. The predicted molar refractivity (Wildman–Crippen MR) is 110 cm³/mol. The number of rotatable bonds is 7. The molecule has 1 aliphatic rings. The van der Waals surface area contributed by atoms with Crippen molar-refractivity contribution in [3.8, 4) is 11.5 Å². The number of hydrogen-bond donors (Lipinski definition) is 1. The van der Waals surface area contributed by atoms with Crippen LogP contribution in [0.15, 0.2) is 36.7 Å². The number of aromatic nitrogens is 1. The molecule has 1 saturated heterocycles. The van der Waals surface area contributed by atoms with Crippen LogP contribution in [0.3, 0.4) is 0 Å². The molecule has 0 atom stereocenters. The van der Waals surface area contributed by atoms with Gasteiger partial charge in [-0.3, -0.25) is 9.78 Å². The molecule has 0 bridgehead atoms. The molecule has 0 radical (unpaired) electrons. The Labute approximate surface area is 166 Å². The second-order valence-electron chi connectivity index (χ2n) is 7.27. The van der Waals surface area contributed by atoms with E-state index in [1.165, 1.54) is 0 Å². The Hall–Kier alpha value is -2.76. The third-order valence-electron chi connectivity index (χ3n) is 5.13. The number of likely N-dealkylation sites (tertiary alicyclic amines) is 1. The molecule has 1 aromatic carbocycles. The largest absolute Gasteiger partial charge is 0.497 e. The van der Waals surface area contributed by atoms with Gasteiger partial charge in [0.15, 0.2) is 0 Å². The van der Waals surface area contributed by atoms with Crippen LogP contribution in [0.2, 0.25) is 0 Å². The van der Waals surface area contributed by atoms with E-state index in [0.717, 1.165) is 60.7 Å². The number of benzene rings is 1. The summed E-state index contributed by atoms with van der Waals surface area (Å²) in [6.07, 6.45) is 6.82. The maximum absolute atomic E-state index is 12.5. The summed E-state index contributed by atoms with van der Waals surface area (Å²) in [4.78, 5) is 18.7. The summed E-state index contributed by atoms with van der Waals surface area (Å²) in [6, 6.07) is 8.22. The number of aryl methyl sites for hydroxylation is 2. The number of nitrogens with zero attached hydrogens (tertiary/aromatic N) is 2. The molecule has 0 unspecified atom stereocenters.